The molecule has 0 saturated carbocycles. The average molecular weight is 206 g/mol. The number of hydrogen-bond donors (Lipinski definition) is 1. The number of imidazole rings is 1. The van der Waals surface area contributed by atoms with Crippen LogP contribution >= 0.6 is 0 Å². The molecule has 0 aliphatic carbocycles. The smallest absolute Gasteiger partial charge is 0.270 e. The predicted octanol–water partition coefficient (Wildman–Crippen LogP) is 0.842. The maximum absolute atomic E-state index is 11.7. The Morgan fingerprint density at radius 3 is 2.87 bits per heavy atom. The zero-order valence-electron chi connectivity index (χ0n) is 9.11. The predicted molar refractivity (Wildman–Crippen MR) is 55.0 cm³/mol. The Hall–Kier alpha value is -1.83. The van der Waals surface area contributed by atoms with Gasteiger partial charge in [0.05, 0.1) is 18.6 Å². The van der Waals surface area contributed by atoms with Crippen molar-refractivity contribution < 1.29 is 4.79 Å². The normalized spacial score (nSPS) is 14.0. The van der Waals surface area contributed by atoms with Gasteiger partial charge in [-0.05, 0) is 13.3 Å². The fraction of sp³-hybridized carbons (Fsp3) is 0.500. The van der Waals surface area contributed by atoms with E-state index in [-0.39, 0.29) is 5.91 Å². The molecule has 1 aromatic heterocycles. The van der Waals surface area contributed by atoms with Gasteiger partial charge in [0.1, 0.15) is 11.2 Å². The van der Waals surface area contributed by atoms with Crippen molar-refractivity contribution in [3.05, 3.63) is 18.2 Å². The molecule has 0 aliphatic rings. The number of nitrogens with zero attached hydrogens (tertiary/aromatic N) is 3. The van der Waals surface area contributed by atoms with Crippen LogP contribution in [0.3, 0.4) is 0 Å². The molecule has 1 heterocycles. The molecule has 0 aliphatic heterocycles. The fourth-order valence-electron chi connectivity index (χ4n) is 1.09. The van der Waals surface area contributed by atoms with E-state index in [1.54, 1.807) is 24.9 Å². The van der Waals surface area contributed by atoms with Crippen LogP contribution in [0.2, 0.25) is 0 Å². The summed E-state index contributed by atoms with van der Waals surface area (Å²) in [5.41, 5.74) is -0.369. The molecule has 0 radical (unpaired) electrons. The van der Waals surface area contributed by atoms with E-state index in [1.807, 2.05) is 6.92 Å². The third-order valence-corrected chi connectivity index (χ3v) is 2.39. The van der Waals surface area contributed by atoms with E-state index in [0.717, 1.165) is 0 Å². The molecule has 0 saturated heterocycles. The zero-order valence-corrected chi connectivity index (χ0v) is 9.11. The summed E-state index contributed by atoms with van der Waals surface area (Å²) >= 11 is 0. The number of aryl methyl sites for hydroxylation is 1. The minimum absolute atomic E-state index is 0.277. The Labute approximate surface area is 88.7 Å². The van der Waals surface area contributed by atoms with Crippen LogP contribution in [-0.4, -0.2) is 21.0 Å². The van der Waals surface area contributed by atoms with E-state index in [9.17, 15) is 4.79 Å². The van der Waals surface area contributed by atoms with E-state index in [4.69, 9.17) is 5.26 Å². The van der Waals surface area contributed by atoms with Gasteiger partial charge in [0.15, 0.2) is 0 Å². The van der Waals surface area contributed by atoms with Gasteiger partial charge >= 0.3 is 0 Å². The summed E-state index contributed by atoms with van der Waals surface area (Å²) in [5.74, 6) is -0.277. The van der Waals surface area contributed by atoms with Crippen molar-refractivity contribution in [1.29, 1.82) is 5.26 Å². The number of nitrogens with one attached hydrogen (secondary N) is 1. The van der Waals surface area contributed by atoms with Crippen LogP contribution < -0.4 is 5.32 Å². The molecule has 5 nitrogen and oxygen atoms in total. The van der Waals surface area contributed by atoms with Gasteiger partial charge in [0.2, 0.25) is 0 Å². The Bertz CT molecular complexity index is 404. The first-order chi connectivity index (χ1) is 7.02. The van der Waals surface area contributed by atoms with Gasteiger partial charge < -0.3 is 9.88 Å². The maximum atomic E-state index is 11.7. The minimum atomic E-state index is -0.818. The molecule has 1 unspecified atom stereocenters. The lowest BCUT2D eigenvalue weighted by atomic mass is 10.0. The largest absolute Gasteiger partial charge is 0.333 e. The molecule has 0 bridgehead atoms. The molecule has 1 atom stereocenters. The second kappa shape index (κ2) is 4.13. The highest BCUT2D eigenvalue weighted by Gasteiger charge is 2.25. The van der Waals surface area contributed by atoms with Crippen molar-refractivity contribution in [2.75, 3.05) is 0 Å². The second-order valence-corrected chi connectivity index (χ2v) is 3.64. The van der Waals surface area contributed by atoms with Crippen molar-refractivity contribution in [2.45, 2.75) is 25.8 Å². The minimum Gasteiger partial charge on any atom is -0.333 e. The molecular formula is C10H14N4O. The van der Waals surface area contributed by atoms with Gasteiger partial charge in [0, 0.05) is 7.05 Å². The van der Waals surface area contributed by atoms with E-state index in [1.165, 1.54) is 6.20 Å². The topological polar surface area (TPSA) is 70.7 Å². The lowest BCUT2D eigenvalue weighted by Gasteiger charge is -2.20. The summed E-state index contributed by atoms with van der Waals surface area (Å²) in [4.78, 5) is 15.6. The Morgan fingerprint density at radius 2 is 2.47 bits per heavy atom. The van der Waals surface area contributed by atoms with Crippen molar-refractivity contribution >= 4 is 5.91 Å². The second-order valence-electron chi connectivity index (χ2n) is 3.64. The summed E-state index contributed by atoms with van der Waals surface area (Å²) in [6.07, 6.45) is 3.58. The van der Waals surface area contributed by atoms with Crippen molar-refractivity contribution in [2.24, 2.45) is 7.05 Å². The quantitative estimate of drug-likeness (QED) is 0.796. The van der Waals surface area contributed by atoms with Crippen molar-refractivity contribution in [1.82, 2.24) is 14.9 Å². The number of hydrogen-bond acceptors (Lipinski definition) is 3. The molecule has 0 aromatic carbocycles. The lowest BCUT2D eigenvalue weighted by Crippen LogP contribution is -2.44. The lowest BCUT2D eigenvalue weighted by molar-refractivity contribution is 0.0914. The van der Waals surface area contributed by atoms with Gasteiger partial charge in [-0.1, -0.05) is 6.92 Å². The van der Waals surface area contributed by atoms with Crippen LogP contribution in [0.4, 0.5) is 0 Å². The number of rotatable bonds is 3. The van der Waals surface area contributed by atoms with Crippen LogP contribution in [-0.2, 0) is 7.05 Å². The number of nitriles is 1. The molecule has 0 spiro atoms. The molecule has 1 N–H and O–H groups in total. The Morgan fingerprint density at radius 1 is 1.80 bits per heavy atom. The standard InChI is InChI=1S/C10H14N4O/c1-4-10(2,6-11)13-9(15)8-5-12-7-14(8)3/h5,7H,4H2,1-3H3,(H,13,15). The van der Waals surface area contributed by atoms with Crippen LogP contribution in [0, 0.1) is 11.3 Å². The Kier molecular flexibility index (Phi) is 3.10. The van der Waals surface area contributed by atoms with Crippen LogP contribution in [0.5, 0.6) is 0 Å². The van der Waals surface area contributed by atoms with Gasteiger partial charge in [-0.15, -0.1) is 0 Å². The summed E-state index contributed by atoms with van der Waals surface area (Å²) in [7, 11) is 1.73. The first-order valence-electron chi connectivity index (χ1n) is 4.72. The van der Waals surface area contributed by atoms with Crippen molar-refractivity contribution in [3.63, 3.8) is 0 Å². The SMILES string of the molecule is CCC(C)(C#N)NC(=O)c1cncn1C. The average Bonchev–Trinajstić information content (AvgIpc) is 2.64. The van der Waals surface area contributed by atoms with Gasteiger partial charge in [-0.25, -0.2) is 4.98 Å². The highest BCUT2D eigenvalue weighted by atomic mass is 16.2. The zero-order chi connectivity index (χ0) is 11.5. The number of aromatic nitrogens is 2. The number of amides is 1. The third kappa shape index (κ3) is 2.34. The highest BCUT2D eigenvalue weighted by molar-refractivity contribution is 5.93. The van der Waals surface area contributed by atoms with E-state index in [2.05, 4.69) is 16.4 Å². The van der Waals surface area contributed by atoms with Gasteiger partial charge in [-0.2, -0.15) is 5.26 Å². The fourth-order valence-corrected chi connectivity index (χ4v) is 1.09. The summed E-state index contributed by atoms with van der Waals surface area (Å²) in [6.45, 7) is 3.55. The first kappa shape index (κ1) is 11.2. The van der Waals surface area contributed by atoms with Crippen molar-refractivity contribution in [3.8, 4) is 6.07 Å². The monoisotopic (exact) mass is 206 g/mol. The highest BCUT2D eigenvalue weighted by Crippen LogP contribution is 2.08. The molecule has 5 heteroatoms. The molecular weight excluding hydrogens is 192 g/mol. The molecule has 80 valence electrons. The van der Waals surface area contributed by atoms with Gasteiger partial charge in [-0.3, -0.25) is 4.79 Å². The summed E-state index contributed by atoms with van der Waals surface area (Å²) in [5, 5.41) is 11.6. The molecule has 1 rings (SSSR count). The number of carbonyl (C=O) groups is 1. The summed E-state index contributed by atoms with van der Waals surface area (Å²) < 4.78 is 1.61. The molecule has 1 amide bonds. The van der Waals surface area contributed by atoms with Crippen LogP contribution in [0.25, 0.3) is 0 Å². The van der Waals surface area contributed by atoms with Crippen LogP contribution in [0.15, 0.2) is 12.5 Å². The first-order valence-corrected chi connectivity index (χ1v) is 4.72. The Balaban J connectivity index is 2.82. The van der Waals surface area contributed by atoms with Crippen LogP contribution in [0.1, 0.15) is 30.8 Å². The van der Waals surface area contributed by atoms with E-state index in [0.29, 0.717) is 12.1 Å². The number of carbonyl (C=O) groups excluding carboxylic acids is 1. The molecule has 0 fully saturated rings. The molecule has 15 heavy (non-hydrogen) atoms. The van der Waals surface area contributed by atoms with E-state index >= 15 is 0 Å². The van der Waals surface area contributed by atoms with E-state index < -0.39 is 5.54 Å². The third-order valence-electron chi connectivity index (χ3n) is 2.39. The maximum Gasteiger partial charge on any atom is 0.270 e. The molecule has 1 aromatic rings. The van der Waals surface area contributed by atoms with Gasteiger partial charge in [0.25, 0.3) is 5.91 Å². The summed E-state index contributed by atoms with van der Waals surface area (Å²) in [6, 6.07) is 2.08.